The Morgan fingerprint density at radius 2 is 1.32 bits per heavy atom. The third kappa shape index (κ3) is 3.41. The van der Waals surface area contributed by atoms with E-state index in [1.807, 2.05) is 54.6 Å². The van der Waals surface area contributed by atoms with Gasteiger partial charge in [-0.2, -0.15) is 0 Å². The van der Waals surface area contributed by atoms with Crippen molar-refractivity contribution in [3.63, 3.8) is 0 Å². The fraction of sp³-hybridized carbons (Fsp3) is 0. The predicted molar refractivity (Wildman–Crippen MR) is 91.9 cm³/mol. The standard InChI is InChI=1S/C19H13ClOS/c20-18-9-5-4-8-17(18)19(21)14-10-12-16(13-11-14)22-15-6-2-1-3-7-15/h1-13H. The first-order chi connectivity index (χ1) is 10.7. The van der Waals surface area contributed by atoms with Gasteiger partial charge in [-0.3, -0.25) is 4.79 Å². The number of benzene rings is 3. The molecule has 0 amide bonds. The van der Waals surface area contributed by atoms with E-state index in [2.05, 4.69) is 12.1 Å². The molecule has 0 aliphatic carbocycles. The van der Waals surface area contributed by atoms with Gasteiger partial charge in [0.2, 0.25) is 0 Å². The number of carbonyl (C=O) groups excluding carboxylic acids is 1. The molecule has 0 spiro atoms. The molecule has 0 saturated carbocycles. The van der Waals surface area contributed by atoms with Gasteiger partial charge < -0.3 is 0 Å². The van der Waals surface area contributed by atoms with Crippen LogP contribution >= 0.6 is 23.4 Å². The van der Waals surface area contributed by atoms with E-state index in [-0.39, 0.29) is 5.78 Å². The Labute approximate surface area is 138 Å². The van der Waals surface area contributed by atoms with Gasteiger partial charge in [0.25, 0.3) is 0 Å². The normalized spacial score (nSPS) is 10.4. The van der Waals surface area contributed by atoms with E-state index in [4.69, 9.17) is 11.6 Å². The molecule has 0 radical (unpaired) electrons. The Morgan fingerprint density at radius 3 is 2.00 bits per heavy atom. The molecule has 0 fully saturated rings. The molecule has 0 unspecified atom stereocenters. The molecule has 0 N–H and O–H groups in total. The van der Waals surface area contributed by atoms with Gasteiger partial charge >= 0.3 is 0 Å². The molecule has 108 valence electrons. The second kappa shape index (κ2) is 6.82. The third-order valence-corrected chi connectivity index (χ3v) is 4.56. The van der Waals surface area contributed by atoms with E-state index in [1.54, 1.807) is 23.9 Å². The van der Waals surface area contributed by atoms with E-state index in [0.29, 0.717) is 16.1 Å². The van der Waals surface area contributed by atoms with Crippen molar-refractivity contribution in [3.8, 4) is 0 Å². The van der Waals surface area contributed by atoms with Crippen molar-refractivity contribution < 1.29 is 4.79 Å². The Morgan fingerprint density at radius 1 is 0.727 bits per heavy atom. The minimum atomic E-state index is -0.0538. The smallest absolute Gasteiger partial charge is 0.194 e. The number of halogens is 1. The molecule has 0 aromatic heterocycles. The summed E-state index contributed by atoms with van der Waals surface area (Å²) < 4.78 is 0. The van der Waals surface area contributed by atoms with Crippen LogP contribution in [0.3, 0.4) is 0 Å². The van der Waals surface area contributed by atoms with Crippen LogP contribution in [0.4, 0.5) is 0 Å². The van der Waals surface area contributed by atoms with Crippen molar-refractivity contribution in [2.24, 2.45) is 0 Å². The predicted octanol–water partition coefficient (Wildman–Crippen LogP) is 5.72. The summed E-state index contributed by atoms with van der Waals surface area (Å²) in [7, 11) is 0. The Hall–Kier alpha value is -2.03. The average molecular weight is 325 g/mol. The Balaban J connectivity index is 1.80. The van der Waals surface area contributed by atoms with Crippen LogP contribution in [0.1, 0.15) is 15.9 Å². The second-order valence-corrected chi connectivity index (χ2v) is 6.30. The summed E-state index contributed by atoms with van der Waals surface area (Å²) in [5.41, 5.74) is 1.18. The van der Waals surface area contributed by atoms with Gasteiger partial charge in [-0.05, 0) is 48.5 Å². The highest BCUT2D eigenvalue weighted by Crippen LogP contribution is 2.28. The molecule has 22 heavy (non-hydrogen) atoms. The van der Waals surface area contributed by atoms with Crippen LogP contribution in [0.25, 0.3) is 0 Å². The Bertz CT molecular complexity index is 782. The lowest BCUT2D eigenvalue weighted by Gasteiger charge is -2.05. The van der Waals surface area contributed by atoms with Crippen LogP contribution in [-0.4, -0.2) is 5.78 Å². The molecule has 3 rings (SSSR count). The van der Waals surface area contributed by atoms with Crippen LogP contribution in [0.2, 0.25) is 5.02 Å². The number of ketones is 1. The fourth-order valence-electron chi connectivity index (χ4n) is 2.10. The molecular weight excluding hydrogens is 312 g/mol. The molecule has 0 saturated heterocycles. The molecule has 0 heterocycles. The number of rotatable bonds is 4. The Kier molecular flexibility index (Phi) is 4.62. The summed E-state index contributed by atoms with van der Waals surface area (Å²) in [4.78, 5) is 14.7. The van der Waals surface area contributed by atoms with Crippen LogP contribution in [0.15, 0.2) is 88.7 Å². The van der Waals surface area contributed by atoms with Gasteiger partial charge in [-0.1, -0.05) is 53.7 Å². The van der Waals surface area contributed by atoms with Crippen molar-refractivity contribution in [2.75, 3.05) is 0 Å². The SMILES string of the molecule is O=C(c1ccc(Sc2ccccc2)cc1)c1ccccc1Cl. The second-order valence-electron chi connectivity index (χ2n) is 4.75. The average Bonchev–Trinajstić information content (AvgIpc) is 2.56. The van der Waals surface area contributed by atoms with E-state index < -0.39 is 0 Å². The zero-order valence-electron chi connectivity index (χ0n) is 11.7. The first kappa shape index (κ1) is 14.9. The number of hydrogen-bond acceptors (Lipinski definition) is 2. The molecule has 0 aliphatic heterocycles. The quantitative estimate of drug-likeness (QED) is 0.571. The van der Waals surface area contributed by atoms with Gasteiger partial charge in [0.1, 0.15) is 0 Å². The molecule has 0 bridgehead atoms. The maximum atomic E-state index is 12.4. The van der Waals surface area contributed by atoms with Crippen molar-refractivity contribution in [2.45, 2.75) is 9.79 Å². The lowest BCUT2D eigenvalue weighted by atomic mass is 10.0. The monoisotopic (exact) mass is 324 g/mol. The zero-order valence-corrected chi connectivity index (χ0v) is 13.3. The molecule has 0 atom stereocenters. The van der Waals surface area contributed by atoms with E-state index >= 15 is 0 Å². The summed E-state index contributed by atoms with van der Waals surface area (Å²) >= 11 is 7.75. The lowest BCUT2D eigenvalue weighted by molar-refractivity contribution is 0.103. The van der Waals surface area contributed by atoms with Crippen molar-refractivity contribution in [1.29, 1.82) is 0 Å². The first-order valence-corrected chi connectivity index (χ1v) is 8.06. The summed E-state index contributed by atoms with van der Waals surface area (Å²) in [6.45, 7) is 0. The van der Waals surface area contributed by atoms with Gasteiger partial charge in [0, 0.05) is 20.9 Å². The third-order valence-electron chi connectivity index (χ3n) is 3.21. The summed E-state index contributed by atoms with van der Waals surface area (Å²) in [5.74, 6) is -0.0538. The maximum Gasteiger partial charge on any atom is 0.194 e. The fourth-order valence-corrected chi connectivity index (χ4v) is 3.16. The molecular formula is C19H13ClOS. The zero-order chi connectivity index (χ0) is 15.4. The molecule has 3 aromatic rings. The largest absolute Gasteiger partial charge is 0.289 e. The van der Waals surface area contributed by atoms with Crippen molar-refractivity contribution >= 4 is 29.1 Å². The van der Waals surface area contributed by atoms with Gasteiger partial charge in [0.15, 0.2) is 5.78 Å². The van der Waals surface area contributed by atoms with Crippen LogP contribution in [0, 0.1) is 0 Å². The van der Waals surface area contributed by atoms with Crippen molar-refractivity contribution in [1.82, 2.24) is 0 Å². The van der Waals surface area contributed by atoms with E-state index in [9.17, 15) is 4.79 Å². The summed E-state index contributed by atoms with van der Waals surface area (Å²) in [5, 5.41) is 0.482. The van der Waals surface area contributed by atoms with Crippen LogP contribution < -0.4 is 0 Å². The molecule has 3 heteroatoms. The minimum absolute atomic E-state index is 0.0538. The minimum Gasteiger partial charge on any atom is -0.289 e. The van der Waals surface area contributed by atoms with Gasteiger partial charge in [-0.25, -0.2) is 0 Å². The molecule has 0 aliphatic rings. The van der Waals surface area contributed by atoms with Crippen LogP contribution in [-0.2, 0) is 0 Å². The summed E-state index contributed by atoms with van der Waals surface area (Å²) in [6, 6.07) is 24.9. The highest BCUT2D eigenvalue weighted by Gasteiger charge is 2.12. The van der Waals surface area contributed by atoms with E-state index in [1.165, 1.54) is 4.90 Å². The molecule has 1 nitrogen and oxygen atoms in total. The van der Waals surface area contributed by atoms with E-state index in [0.717, 1.165) is 4.90 Å². The number of hydrogen-bond donors (Lipinski definition) is 0. The van der Waals surface area contributed by atoms with Crippen molar-refractivity contribution in [3.05, 3.63) is 95.0 Å². The summed E-state index contributed by atoms with van der Waals surface area (Å²) in [6.07, 6.45) is 0. The van der Waals surface area contributed by atoms with Gasteiger partial charge in [0.05, 0.1) is 5.02 Å². The highest BCUT2D eigenvalue weighted by atomic mass is 35.5. The van der Waals surface area contributed by atoms with Crippen LogP contribution in [0.5, 0.6) is 0 Å². The highest BCUT2D eigenvalue weighted by molar-refractivity contribution is 7.99. The topological polar surface area (TPSA) is 17.1 Å². The number of carbonyl (C=O) groups is 1. The maximum absolute atomic E-state index is 12.4. The lowest BCUT2D eigenvalue weighted by Crippen LogP contribution is -2.01. The first-order valence-electron chi connectivity index (χ1n) is 6.86. The van der Waals surface area contributed by atoms with Gasteiger partial charge in [-0.15, -0.1) is 0 Å². The molecule has 3 aromatic carbocycles.